The van der Waals surface area contributed by atoms with Gasteiger partial charge in [0.25, 0.3) is 0 Å². The monoisotopic (exact) mass is 303 g/mol. The molecule has 2 aliphatic rings. The molecule has 0 amide bonds. The molecule has 2 unspecified atom stereocenters. The summed E-state index contributed by atoms with van der Waals surface area (Å²) < 4.78 is 0. The minimum atomic E-state index is -0.238. The van der Waals surface area contributed by atoms with E-state index in [4.69, 9.17) is 0 Å². The second kappa shape index (κ2) is 5.21. The highest BCUT2D eigenvalue weighted by Crippen LogP contribution is 2.40. The molecular formula is C16H21N3OS. The van der Waals surface area contributed by atoms with E-state index in [0.29, 0.717) is 5.92 Å². The highest BCUT2D eigenvalue weighted by Gasteiger charge is 2.28. The summed E-state index contributed by atoms with van der Waals surface area (Å²) in [5.74, 6) is 1.46. The molecule has 1 saturated heterocycles. The zero-order valence-corrected chi connectivity index (χ0v) is 13.2. The second-order valence-corrected chi connectivity index (χ2v) is 7.41. The first kappa shape index (κ1) is 13.5. The van der Waals surface area contributed by atoms with Gasteiger partial charge in [0.15, 0.2) is 0 Å². The lowest BCUT2D eigenvalue weighted by Crippen LogP contribution is -2.40. The Hall–Kier alpha value is -1.20. The van der Waals surface area contributed by atoms with Gasteiger partial charge in [0.05, 0.1) is 11.5 Å². The number of aliphatic hydroxyl groups excluding tert-OH is 1. The number of aromatic nitrogens is 2. The average Bonchev–Trinajstić information content (AvgIpc) is 3.07. The van der Waals surface area contributed by atoms with Crippen LogP contribution in [0.4, 0.5) is 5.82 Å². The second-order valence-electron chi connectivity index (χ2n) is 6.32. The van der Waals surface area contributed by atoms with Crippen molar-refractivity contribution >= 4 is 27.4 Å². The largest absolute Gasteiger partial charge is 0.393 e. The molecule has 0 spiro atoms. The molecule has 0 radical (unpaired) electrons. The molecule has 2 atom stereocenters. The molecule has 0 bridgehead atoms. The van der Waals surface area contributed by atoms with Crippen molar-refractivity contribution in [3.63, 3.8) is 0 Å². The van der Waals surface area contributed by atoms with Gasteiger partial charge in [-0.05, 0) is 44.6 Å². The predicted molar refractivity (Wildman–Crippen MR) is 86.1 cm³/mol. The van der Waals surface area contributed by atoms with Gasteiger partial charge in [0.1, 0.15) is 17.0 Å². The summed E-state index contributed by atoms with van der Waals surface area (Å²) in [6.45, 7) is 3.86. The molecule has 3 heterocycles. The molecule has 0 aromatic carbocycles. The summed E-state index contributed by atoms with van der Waals surface area (Å²) in [5, 5.41) is 11.2. The van der Waals surface area contributed by atoms with Crippen molar-refractivity contribution in [2.45, 2.75) is 45.1 Å². The van der Waals surface area contributed by atoms with Gasteiger partial charge in [-0.1, -0.05) is 0 Å². The van der Waals surface area contributed by atoms with Crippen molar-refractivity contribution in [1.82, 2.24) is 9.97 Å². The number of nitrogens with zero attached hydrogens (tertiary/aromatic N) is 3. The lowest BCUT2D eigenvalue weighted by molar-refractivity contribution is 0.115. The van der Waals surface area contributed by atoms with Gasteiger partial charge in [-0.3, -0.25) is 0 Å². The summed E-state index contributed by atoms with van der Waals surface area (Å²) in [6.07, 6.45) is 7.35. The van der Waals surface area contributed by atoms with E-state index in [1.165, 1.54) is 35.1 Å². The smallest absolute Gasteiger partial charge is 0.141 e. The number of piperidine rings is 1. The van der Waals surface area contributed by atoms with Crippen LogP contribution in [0.15, 0.2) is 6.33 Å². The van der Waals surface area contributed by atoms with Gasteiger partial charge in [-0.15, -0.1) is 11.3 Å². The van der Waals surface area contributed by atoms with Gasteiger partial charge < -0.3 is 10.0 Å². The van der Waals surface area contributed by atoms with Crippen molar-refractivity contribution in [2.24, 2.45) is 5.92 Å². The number of hydrogen-bond donors (Lipinski definition) is 1. The van der Waals surface area contributed by atoms with Crippen molar-refractivity contribution in [2.75, 3.05) is 18.0 Å². The van der Waals surface area contributed by atoms with Crippen LogP contribution in [-0.2, 0) is 12.8 Å². The number of fused-ring (bicyclic) bond motifs is 3. The normalized spacial score (nSPS) is 23.5. The summed E-state index contributed by atoms with van der Waals surface area (Å²) in [6, 6.07) is 0. The minimum Gasteiger partial charge on any atom is -0.393 e. The molecule has 1 fully saturated rings. The molecule has 1 aliphatic carbocycles. The Kier molecular flexibility index (Phi) is 3.34. The first-order valence-corrected chi connectivity index (χ1v) is 8.74. The predicted octanol–water partition coefficient (Wildman–Crippen LogP) is 2.78. The number of hydrogen-bond acceptors (Lipinski definition) is 5. The Bertz CT molecular complexity index is 667. The van der Waals surface area contributed by atoms with E-state index in [-0.39, 0.29) is 6.10 Å². The van der Waals surface area contributed by atoms with E-state index in [9.17, 15) is 5.11 Å². The third-order valence-electron chi connectivity index (χ3n) is 4.92. The molecule has 4 rings (SSSR count). The number of aryl methyl sites for hydroxylation is 2. The fourth-order valence-electron chi connectivity index (χ4n) is 3.75. The number of aliphatic hydroxyl groups is 1. The standard InChI is InChI=1S/C16H21N3OS/c1-10(20)11-4-3-7-19(8-11)15-14-12-5-2-6-13(12)21-16(14)18-9-17-15/h9-11,20H,2-8H2,1H3. The highest BCUT2D eigenvalue weighted by atomic mass is 32.1. The molecule has 2 aromatic heterocycles. The Morgan fingerprint density at radius 2 is 2.24 bits per heavy atom. The summed E-state index contributed by atoms with van der Waals surface area (Å²) in [7, 11) is 0. The Balaban J connectivity index is 1.76. The van der Waals surface area contributed by atoms with Gasteiger partial charge in [0, 0.05) is 23.9 Å². The topological polar surface area (TPSA) is 49.2 Å². The van der Waals surface area contributed by atoms with Crippen LogP contribution in [0, 0.1) is 5.92 Å². The zero-order valence-electron chi connectivity index (χ0n) is 12.4. The number of rotatable bonds is 2. The van der Waals surface area contributed by atoms with E-state index in [0.717, 1.165) is 36.6 Å². The quantitative estimate of drug-likeness (QED) is 0.927. The maximum atomic E-state index is 9.91. The molecule has 21 heavy (non-hydrogen) atoms. The summed E-state index contributed by atoms with van der Waals surface area (Å²) in [4.78, 5) is 14.1. The van der Waals surface area contributed by atoms with Crippen molar-refractivity contribution in [3.8, 4) is 0 Å². The van der Waals surface area contributed by atoms with Crippen molar-refractivity contribution < 1.29 is 5.11 Å². The maximum absolute atomic E-state index is 9.91. The van der Waals surface area contributed by atoms with Gasteiger partial charge in [-0.25, -0.2) is 9.97 Å². The molecular weight excluding hydrogens is 282 g/mol. The van der Waals surface area contributed by atoms with Gasteiger partial charge in [-0.2, -0.15) is 0 Å². The summed E-state index contributed by atoms with van der Waals surface area (Å²) in [5.41, 5.74) is 1.49. The first-order valence-electron chi connectivity index (χ1n) is 7.92. The third-order valence-corrected chi connectivity index (χ3v) is 6.12. The molecule has 4 nitrogen and oxygen atoms in total. The Labute approximate surface area is 128 Å². The molecule has 1 aliphatic heterocycles. The lowest BCUT2D eigenvalue weighted by atomic mass is 9.93. The van der Waals surface area contributed by atoms with Gasteiger partial charge >= 0.3 is 0 Å². The van der Waals surface area contributed by atoms with Crippen molar-refractivity contribution in [3.05, 3.63) is 16.8 Å². The van der Waals surface area contributed by atoms with E-state index >= 15 is 0 Å². The van der Waals surface area contributed by atoms with Crippen LogP contribution < -0.4 is 4.90 Å². The molecule has 2 aromatic rings. The molecule has 0 saturated carbocycles. The Morgan fingerprint density at radius 1 is 1.33 bits per heavy atom. The van der Waals surface area contributed by atoms with Crippen LogP contribution in [0.1, 0.15) is 36.6 Å². The molecule has 1 N–H and O–H groups in total. The maximum Gasteiger partial charge on any atom is 0.141 e. The first-order chi connectivity index (χ1) is 10.2. The van der Waals surface area contributed by atoms with Crippen molar-refractivity contribution in [1.29, 1.82) is 0 Å². The van der Waals surface area contributed by atoms with Crippen LogP contribution in [0.2, 0.25) is 0 Å². The fourth-order valence-corrected chi connectivity index (χ4v) is 4.97. The molecule has 112 valence electrons. The SMILES string of the molecule is CC(O)C1CCCN(c2ncnc3sc4c(c23)CCC4)C1. The van der Waals surface area contributed by atoms with E-state index in [1.807, 2.05) is 18.3 Å². The van der Waals surface area contributed by atoms with Crippen LogP contribution in [0.25, 0.3) is 10.2 Å². The van der Waals surface area contributed by atoms with Crippen LogP contribution in [0.5, 0.6) is 0 Å². The van der Waals surface area contributed by atoms with Crippen LogP contribution in [-0.4, -0.2) is 34.3 Å². The number of thiophene rings is 1. The Morgan fingerprint density at radius 3 is 3.10 bits per heavy atom. The van der Waals surface area contributed by atoms with Gasteiger partial charge in [0.2, 0.25) is 0 Å². The van der Waals surface area contributed by atoms with Crippen LogP contribution >= 0.6 is 11.3 Å². The number of anilines is 1. The van der Waals surface area contributed by atoms with E-state index in [2.05, 4.69) is 14.9 Å². The lowest BCUT2D eigenvalue weighted by Gasteiger charge is -2.35. The average molecular weight is 303 g/mol. The zero-order chi connectivity index (χ0) is 14.4. The van der Waals surface area contributed by atoms with E-state index in [1.54, 1.807) is 6.33 Å². The van der Waals surface area contributed by atoms with E-state index < -0.39 is 0 Å². The van der Waals surface area contributed by atoms with Crippen LogP contribution in [0.3, 0.4) is 0 Å². The highest BCUT2D eigenvalue weighted by molar-refractivity contribution is 7.19. The fraction of sp³-hybridized carbons (Fsp3) is 0.625. The summed E-state index contributed by atoms with van der Waals surface area (Å²) >= 11 is 1.84. The third kappa shape index (κ3) is 2.23. The minimum absolute atomic E-state index is 0.238. The molecule has 5 heteroatoms.